The van der Waals surface area contributed by atoms with E-state index in [0.717, 1.165) is 109 Å². The normalized spacial score (nSPS) is 14.5. The Kier molecular flexibility index (Phi) is 65.0. The smallest absolute Gasteiger partial charge is 0.268 e. The molecule has 0 aromatic carbocycles. The highest BCUT2D eigenvalue weighted by Gasteiger charge is 2.23. The molecular formula is C79H137N2O6P. The average Bonchev–Trinajstić information content (AvgIpc) is 3.64. The zero-order valence-corrected chi connectivity index (χ0v) is 58.5. The van der Waals surface area contributed by atoms with Crippen molar-refractivity contribution in [2.24, 2.45) is 0 Å². The van der Waals surface area contributed by atoms with E-state index in [1.165, 1.54) is 161 Å². The van der Waals surface area contributed by atoms with E-state index in [4.69, 9.17) is 9.05 Å². The SMILES string of the molecule is CC/C=C\C/C=C\C/C=C\C/C=C\C/C=C\C/C=C\C/C=C\C/C=C\C/C=C\C/C=C\CCCCCCC(=O)NC(COP(=O)([O-])OCC[N+](C)(C)C)C(O)/C=C/CC/C=C/CCCCCCCCCCCCCCCCCCCCCCCCCCC. The van der Waals surface area contributed by atoms with Crippen LogP contribution < -0.4 is 10.2 Å². The molecule has 3 unspecified atom stereocenters. The molecule has 504 valence electrons. The molecule has 0 aliphatic carbocycles. The fraction of sp³-hybridized carbons (Fsp3) is 0.684. The number of carbonyl (C=O) groups excluding carboxylic acids is 1. The Morgan fingerprint density at radius 2 is 0.705 bits per heavy atom. The van der Waals surface area contributed by atoms with Crippen molar-refractivity contribution in [3.8, 4) is 0 Å². The molecule has 0 aliphatic heterocycles. The highest BCUT2D eigenvalue weighted by Crippen LogP contribution is 2.38. The van der Waals surface area contributed by atoms with Crippen LogP contribution in [0.15, 0.2) is 146 Å². The maximum atomic E-state index is 13.0. The van der Waals surface area contributed by atoms with Crippen LogP contribution in [0.5, 0.6) is 0 Å². The van der Waals surface area contributed by atoms with Gasteiger partial charge in [-0.3, -0.25) is 9.36 Å². The number of aliphatic hydroxyl groups excluding tert-OH is 1. The first-order valence-corrected chi connectivity index (χ1v) is 37.7. The van der Waals surface area contributed by atoms with E-state index in [2.05, 4.69) is 153 Å². The number of phosphoric ester groups is 1. The standard InChI is InChI=1S/C79H137N2O6P/c1-6-8-10-12-14-16-18-20-22-24-26-28-30-32-34-36-38-39-40-41-43-45-47-49-51-53-55-57-59-61-63-65-67-69-71-73-79(83)80-77(76-87-88(84,85)86-75-74-81(3,4)5)78(82)72-70-68-66-64-62-60-58-56-54-52-50-48-46-44-42-37-35-33-31-29-27-25-23-21-19-17-15-13-11-9-7-2/h8,10,14,16,20,22,26,28,32,34,38-39,41,43,47,49,53,55,59,61-62,64,70,72,77-78,82H,6-7,9,11-13,15,17-19,21,23-25,27,29-31,33,35-37,40,42,44-46,48,50-52,54,56-58,60,63,65-69,71,73-76H2,1-5H3,(H-,80,83,84,85)/b10-8-,16-14-,22-20-,28-26-,34-32-,39-38-,43-41-,49-47-,55-53-,61-59-,64-62+,72-70+. The van der Waals surface area contributed by atoms with Crippen LogP contribution in [-0.4, -0.2) is 68.5 Å². The third-order valence-electron chi connectivity index (χ3n) is 15.5. The van der Waals surface area contributed by atoms with Crippen molar-refractivity contribution in [2.45, 2.75) is 309 Å². The molecule has 8 nitrogen and oxygen atoms in total. The second-order valence-corrected chi connectivity index (χ2v) is 26.6. The predicted molar refractivity (Wildman–Crippen MR) is 385 cm³/mol. The lowest BCUT2D eigenvalue weighted by Crippen LogP contribution is -2.45. The molecule has 0 radical (unpaired) electrons. The van der Waals surface area contributed by atoms with Gasteiger partial charge in [-0.25, -0.2) is 0 Å². The van der Waals surface area contributed by atoms with Crippen molar-refractivity contribution in [3.63, 3.8) is 0 Å². The summed E-state index contributed by atoms with van der Waals surface area (Å²) in [6.07, 6.45) is 104. The average molecular weight is 1240 g/mol. The van der Waals surface area contributed by atoms with Gasteiger partial charge in [-0.2, -0.15) is 0 Å². The van der Waals surface area contributed by atoms with Gasteiger partial charge in [0.1, 0.15) is 13.2 Å². The number of rotatable bonds is 65. The molecule has 0 heterocycles. The van der Waals surface area contributed by atoms with Crippen LogP contribution in [0.25, 0.3) is 0 Å². The number of hydrogen-bond donors (Lipinski definition) is 2. The molecule has 0 saturated carbocycles. The summed E-state index contributed by atoms with van der Waals surface area (Å²) in [7, 11) is 1.21. The highest BCUT2D eigenvalue weighted by atomic mass is 31.2. The van der Waals surface area contributed by atoms with Gasteiger partial charge in [0.15, 0.2) is 0 Å². The number of likely N-dealkylation sites (N-methyl/N-ethyl adjacent to an activating group) is 1. The summed E-state index contributed by atoms with van der Waals surface area (Å²) in [5, 5.41) is 13.9. The van der Waals surface area contributed by atoms with Crippen molar-refractivity contribution in [2.75, 3.05) is 40.9 Å². The van der Waals surface area contributed by atoms with Crippen LogP contribution in [0, 0.1) is 0 Å². The lowest BCUT2D eigenvalue weighted by atomic mass is 10.0. The van der Waals surface area contributed by atoms with Gasteiger partial charge in [0.2, 0.25) is 5.91 Å². The molecule has 2 N–H and O–H groups in total. The zero-order chi connectivity index (χ0) is 64.1. The van der Waals surface area contributed by atoms with Crippen molar-refractivity contribution in [3.05, 3.63) is 146 Å². The Hall–Kier alpha value is -3.62. The number of allylic oxidation sites excluding steroid dienone is 23. The van der Waals surface area contributed by atoms with Crippen LogP contribution >= 0.6 is 7.82 Å². The first-order valence-electron chi connectivity index (χ1n) is 36.2. The maximum Gasteiger partial charge on any atom is 0.268 e. The topological polar surface area (TPSA) is 108 Å². The van der Waals surface area contributed by atoms with Gasteiger partial charge in [0.05, 0.1) is 39.9 Å². The number of amides is 1. The van der Waals surface area contributed by atoms with E-state index >= 15 is 0 Å². The number of quaternary nitrogens is 1. The summed E-state index contributed by atoms with van der Waals surface area (Å²) >= 11 is 0. The molecule has 0 spiro atoms. The minimum atomic E-state index is -4.63. The fourth-order valence-electron chi connectivity index (χ4n) is 9.96. The molecule has 0 aromatic heterocycles. The summed E-state index contributed by atoms with van der Waals surface area (Å²) in [6.45, 7) is 4.51. The van der Waals surface area contributed by atoms with E-state index in [1.54, 1.807) is 6.08 Å². The Morgan fingerprint density at radius 1 is 0.409 bits per heavy atom. The molecule has 0 rings (SSSR count). The molecule has 0 aromatic rings. The van der Waals surface area contributed by atoms with Gasteiger partial charge in [-0.1, -0.05) is 327 Å². The van der Waals surface area contributed by atoms with Crippen molar-refractivity contribution < 1.29 is 32.9 Å². The van der Waals surface area contributed by atoms with E-state index in [-0.39, 0.29) is 12.5 Å². The van der Waals surface area contributed by atoms with E-state index in [0.29, 0.717) is 23.9 Å². The van der Waals surface area contributed by atoms with E-state index in [1.807, 2.05) is 27.2 Å². The summed E-state index contributed by atoms with van der Waals surface area (Å²) in [4.78, 5) is 25.6. The van der Waals surface area contributed by atoms with Crippen LogP contribution in [0.3, 0.4) is 0 Å². The predicted octanol–water partition coefficient (Wildman–Crippen LogP) is 22.9. The molecule has 3 atom stereocenters. The Labute approximate surface area is 544 Å². The summed E-state index contributed by atoms with van der Waals surface area (Å²) in [6, 6.07) is -0.931. The quantitative estimate of drug-likeness (QED) is 0.0272. The van der Waals surface area contributed by atoms with Gasteiger partial charge in [-0.15, -0.1) is 0 Å². The number of unbranched alkanes of at least 4 members (excludes halogenated alkanes) is 30. The minimum absolute atomic E-state index is 0.0194. The molecular weight excluding hydrogens is 1100 g/mol. The minimum Gasteiger partial charge on any atom is -0.756 e. The van der Waals surface area contributed by atoms with Crippen LogP contribution in [0.2, 0.25) is 0 Å². The monoisotopic (exact) mass is 1240 g/mol. The van der Waals surface area contributed by atoms with E-state index < -0.39 is 26.6 Å². The van der Waals surface area contributed by atoms with Crippen LogP contribution in [0.4, 0.5) is 0 Å². The Balaban J connectivity index is 4.22. The first-order chi connectivity index (χ1) is 43.0. The van der Waals surface area contributed by atoms with Crippen LogP contribution in [-0.2, 0) is 18.4 Å². The Bertz CT molecular complexity index is 1950. The molecule has 0 fully saturated rings. The summed E-state index contributed by atoms with van der Waals surface area (Å²) in [5.74, 6) is -0.235. The molecule has 1 amide bonds. The van der Waals surface area contributed by atoms with Crippen LogP contribution in [0.1, 0.15) is 296 Å². The van der Waals surface area contributed by atoms with E-state index in [9.17, 15) is 19.4 Å². The van der Waals surface area contributed by atoms with Gasteiger partial charge in [0, 0.05) is 6.42 Å². The van der Waals surface area contributed by atoms with Gasteiger partial charge >= 0.3 is 0 Å². The molecule has 0 bridgehead atoms. The third-order valence-corrected chi connectivity index (χ3v) is 16.5. The number of hydrogen-bond acceptors (Lipinski definition) is 6. The third kappa shape index (κ3) is 69.8. The molecule has 88 heavy (non-hydrogen) atoms. The van der Waals surface area contributed by atoms with Gasteiger partial charge < -0.3 is 28.8 Å². The first kappa shape index (κ1) is 84.4. The highest BCUT2D eigenvalue weighted by molar-refractivity contribution is 7.45. The zero-order valence-electron chi connectivity index (χ0n) is 57.6. The molecule has 0 saturated heterocycles. The van der Waals surface area contributed by atoms with Crippen molar-refractivity contribution in [1.82, 2.24) is 5.32 Å². The lowest BCUT2D eigenvalue weighted by Gasteiger charge is -2.29. The lowest BCUT2D eigenvalue weighted by molar-refractivity contribution is -0.870. The summed E-state index contributed by atoms with van der Waals surface area (Å²) in [5.41, 5.74) is 0. The van der Waals surface area contributed by atoms with Crippen molar-refractivity contribution >= 4 is 13.7 Å². The van der Waals surface area contributed by atoms with Gasteiger partial charge in [0.25, 0.3) is 7.82 Å². The number of phosphoric acid groups is 1. The number of nitrogens with zero attached hydrogens (tertiary/aromatic N) is 1. The maximum absolute atomic E-state index is 13.0. The fourth-order valence-corrected chi connectivity index (χ4v) is 10.7. The van der Waals surface area contributed by atoms with Crippen molar-refractivity contribution in [1.29, 1.82) is 0 Å². The second kappa shape index (κ2) is 67.8. The number of carbonyl (C=O) groups is 1. The number of nitrogens with one attached hydrogen (secondary N) is 1. The summed E-state index contributed by atoms with van der Waals surface area (Å²) < 4.78 is 23.4. The Morgan fingerprint density at radius 3 is 1.06 bits per heavy atom. The molecule has 0 aliphatic rings. The van der Waals surface area contributed by atoms with Gasteiger partial charge in [-0.05, 0) is 109 Å². The molecule has 9 heteroatoms. The second-order valence-electron chi connectivity index (χ2n) is 25.2. The largest absolute Gasteiger partial charge is 0.756 e. The number of aliphatic hydroxyl groups is 1.